The summed E-state index contributed by atoms with van der Waals surface area (Å²) in [5.74, 6) is 0. The summed E-state index contributed by atoms with van der Waals surface area (Å²) in [5.41, 5.74) is 4.62. The summed E-state index contributed by atoms with van der Waals surface area (Å²) in [6.07, 6.45) is -3.47. The Labute approximate surface area is 120 Å². The molecule has 110 valence electrons. The summed E-state index contributed by atoms with van der Waals surface area (Å²) in [4.78, 5) is 5.12. The van der Waals surface area contributed by atoms with Crippen molar-refractivity contribution in [2.24, 2.45) is 0 Å². The van der Waals surface area contributed by atoms with Crippen LogP contribution < -0.4 is 5.48 Å². The van der Waals surface area contributed by atoms with Crippen molar-refractivity contribution >= 4 is 0 Å². The van der Waals surface area contributed by atoms with Crippen LogP contribution in [0.5, 0.6) is 0 Å². The molecule has 5 heteroatoms. The fourth-order valence-electron chi connectivity index (χ4n) is 2.44. The minimum absolute atomic E-state index is 0.0933. The van der Waals surface area contributed by atoms with Crippen LogP contribution in [0.1, 0.15) is 23.6 Å². The molecule has 0 bridgehead atoms. The third-order valence-electron chi connectivity index (χ3n) is 3.55. The van der Waals surface area contributed by atoms with Crippen molar-refractivity contribution in [2.45, 2.75) is 18.6 Å². The standard InChI is InChI=1S/C16H14F3NO/c17-16(18,19)14-6-2-4-12(10-14)11-3-1-5-13(9-11)15-7-8-21-20-15/h1-6,9-10,15,20H,7-8H2/t15-/m1/s1. The molecule has 0 amide bonds. The summed E-state index contributed by atoms with van der Waals surface area (Å²) in [5, 5.41) is 0. The molecule has 1 saturated heterocycles. The van der Waals surface area contributed by atoms with E-state index in [1.54, 1.807) is 6.07 Å². The molecule has 1 aliphatic heterocycles. The third kappa shape index (κ3) is 3.09. The number of rotatable bonds is 2. The lowest BCUT2D eigenvalue weighted by Gasteiger charge is -2.12. The van der Waals surface area contributed by atoms with Crippen molar-refractivity contribution in [1.29, 1.82) is 0 Å². The SMILES string of the molecule is FC(F)(F)c1cccc(-c2cccc([C@H]3CCON3)c2)c1. The summed E-state index contributed by atoms with van der Waals surface area (Å²) < 4.78 is 38.3. The highest BCUT2D eigenvalue weighted by molar-refractivity contribution is 5.65. The maximum atomic E-state index is 12.8. The molecular formula is C16H14F3NO. The van der Waals surface area contributed by atoms with Crippen LogP contribution in [0, 0.1) is 0 Å². The quantitative estimate of drug-likeness (QED) is 0.889. The van der Waals surface area contributed by atoms with Gasteiger partial charge in [0.25, 0.3) is 0 Å². The molecule has 0 spiro atoms. The molecule has 1 atom stereocenters. The van der Waals surface area contributed by atoms with Gasteiger partial charge in [-0.05, 0) is 41.3 Å². The zero-order chi connectivity index (χ0) is 14.9. The molecule has 21 heavy (non-hydrogen) atoms. The van der Waals surface area contributed by atoms with Crippen LogP contribution in [0.15, 0.2) is 48.5 Å². The van der Waals surface area contributed by atoms with Gasteiger partial charge >= 0.3 is 6.18 Å². The van der Waals surface area contributed by atoms with E-state index in [1.165, 1.54) is 12.1 Å². The van der Waals surface area contributed by atoms with Crippen LogP contribution >= 0.6 is 0 Å². The fourth-order valence-corrected chi connectivity index (χ4v) is 2.44. The minimum atomic E-state index is -4.32. The predicted octanol–water partition coefficient (Wildman–Crippen LogP) is 4.34. The highest BCUT2D eigenvalue weighted by Gasteiger charge is 2.30. The van der Waals surface area contributed by atoms with E-state index >= 15 is 0 Å². The Bertz CT molecular complexity index is 633. The number of halogens is 3. The number of nitrogens with one attached hydrogen (secondary N) is 1. The molecule has 3 rings (SSSR count). The molecule has 1 heterocycles. The van der Waals surface area contributed by atoms with Crippen molar-refractivity contribution in [1.82, 2.24) is 5.48 Å². The molecular weight excluding hydrogens is 279 g/mol. The van der Waals surface area contributed by atoms with Crippen LogP contribution in [-0.4, -0.2) is 6.61 Å². The second-order valence-corrected chi connectivity index (χ2v) is 5.01. The summed E-state index contributed by atoms with van der Waals surface area (Å²) >= 11 is 0. The van der Waals surface area contributed by atoms with Gasteiger partial charge in [0, 0.05) is 0 Å². The first kappa shape index (κ1) is 14.1. The lowest BCUT2D eigenvalue weighted by atomic mass is 9.97. The van der Waals surface area contributed by atoms with Gasteiger partial charge in [-0.25, -0.2) is 0 Å². The van der Waals surface area contributed by atoms with E-state index in [9.17, 15) is 13.2 Å². The monoisotopic (exact) mass is 293 g/mol. The van der Waals surface area contributed by atoms with Crippen molar-refractivity contribution in [2.75, 3.05) is 6.61 Å². The Hall–Kier alpha value is -1.85. The van der Waals surface area contributed by atoms with Gasteiger partial charge in [-0.2, -0.15) is 18.7 Å². The van der Waals surface area contributed by atoms with E-state index < -0.39 is 11.7 Å². The van der Waals surface area contributed by atoms with Crippen molar-refractivity contribution in [3.63, 3.8) is 0 Å². The van der Waals surface area contributed by atoms with Crippen LogP contribution in [0.25, 0.3) is 11.1 Å². The molecule has 0 unspecified atom stereocenters. The highest BCUT2D eigenvalue weighted by atomic mass is 19.4. The molecule has 1 N–H and O–H groups in total. The molecule has 0 radical (unpaired) electrons. The van der Waals surface area contributed by atoms with Crippen LogP contribution in [-0.2, 0) is 11.0 Å². The minimum Gasteiger partial charge on any atom is -0.301 e. The first-order chi connectivity index (χ1) is 10.0. The van der Waals surface area contributed by atoms with Crippen molar-refractivity contribution in [3.8, 4) is 11.1 Å². The smallest absolute Gasteiger partial charge is 0.301 e. The normalized spacial score (nSPS) is 18.9. The average Bonchev–Trinajstić information content (AvgIpc) is 3.01. The Morgan fingerprint density at radius 2 is 1.71 bits per heavy atom. The van der Waals surface area contributed by atoms with Gasteiger partial charge in [0.1, 0.15) is 0 Å². The van der Waals surface area contributed by atoms with Gasteiger partial charge < -0.3 is 4.84 Å². The molecule has 2 aromatic carbocycles. The van der Waals surface area contributed by atoms with Crippen LogP contribution in [0.4, 0.5) is 13.2 Å². The molecule has 0 aliphatic carbocycles. The Morgan fingerprint density at radius 3 is 2.38 bits per heavy atom. The van der Waals surface area contributed by atoms with Gasteiger partial charge in [0.05, 0.1) is 18.2 Å². The van der Waals surface area contributed by atoms with Crippen molar-refractivity contribution in [3.05, 3.63) is 59.7 Å². The zero-order valence-corrected chi connectivity index (χ0v) is 11.2. The van der Waals surface area contributed by atoms with Gasteiger partial charge in [0.15, 0.2) is 0 Å². The fraction of sp³-hybridized carbons (Fsp3) is 0.250. The first-order valence-electron chi connectivity index (χ1n) is 6.69. The maximum absolute atomic E-state index is 12.8. The van der Waals surface area contributed by atoms with E-state index in [2.05, 4.69) is 5.48 Å². The van der Waals surface area contributed by atoms with E-state index in [-0.39, 0.29) is 6.04 Å². The Balaban J connectivity index is 1.95. The Morgan fingerprint density at radius 1 is 1.00 bits per heavy atom. The number of hydroxylamine groups is 1. The van der Waals surface area contributed by atoms with Crippen LogP contribution in [0.3, 0.4) is 0 Å². The van der Waals surface area contributed by atoms with E-state index in [4.69, 9.17) is 4.84 Å². The molecule has 1 aliphatic rings. The lowest BCUT2D eigenvalue weighted by Crippen LogP contribution is -2.11. The second-order valence-electron chi connectivity index (χ2n) is 5.01. The van der Waals surface area contributed by atoms with E-state index in [1.807, 2.05) is 24.3 Å². The summed E-state index contributed by atoms with van der Waals surface area (Å²) in [7, 11) is 0. The predicted molar refractivity (Wildman–Crippen MR) is 73.3 cm³/mol. The summed E-state index contributed by atoms with van der Waals surface area (Å²) in [6.45, 7) is 0.637. The lowest BCUT2D eigenvalue weighted by molar-refractivity contribution is -0.137. The van der Waals surface area contributed by atoms with Crippen LogP contribution in [0.2, 0.25) is 0 Å². The average molecular weight is 293 g/mol. The topological polar surface area (TPSA) is 21.3 Å². The van der Waals surface area contributed by atoms with Gasteiger partial charge in [-0.1, -0.05) is 30.3 Å². The third-order valence-corrected chi connectivity index (χ3v) is 3.55. The van der Waals surface area contributed by atoms with Gasteiger partial charge in [0.2, 0.25) is 0 Å². The van der Waals surface area contributed by atoms with E-state index in [0.29, 0.717) is 12.2 Å². The number of benzene rings is 2. The van der Waals surface area contributed by atoms with Crippen molar-refractivity contribution < 1.29 is 18.0 Å². The largest absolute Gasteiger partial charge is 0.416 e. The first-order valence-corrected chi connectivity index (χ1v) is 6.69. The molecule has 2 aromatic rings. The molecule has 2 nitrogen and oxygen atoms in total. The zero-order valence-electron chi connectivity index (χ0n) is 11.2. The second kappa shape index (κ2) is 5.50. The molecule has 0 saturated carbocycles. The molecule has 0 aromatic heterocycles. The van der Waals surface area contributed by atoms with Gasteiger partial charge in [-0.3, -0.25) is 0 Å². The Kier molecular flexibility index (Phi) is 3.69. The number of hydrogen-bond donors (Lipinski definition) is 1. The maximum Gasteiger partial charge on any atom is 0.416 e. The number of alkyl halides is 3. The summed E-state index contributed by atoms with van der Waals surface area (Å²) in [6, 6.07) is 13.0. The highest BCUT2D eigenvalue weighted by Crippen LogP contribution is 2.33. The van der Waals surface area contributed by atoms with Gasteiger partial charge in [-0.15, -0.1) is 0 Å². The van der Waals surface area contributed by atoms with E-state index in [0.717, 1.165) is 23.6 Å². The number of hydrogen-bond acceptors (Lipinski definition) is 2. The molecule has 1 fully saturated rings.